The quantitative estimate of drug-likeness (QED) is 0.183. The summed E-state index contributed by atoms with van der Waals surface area (Å²) >= 11 is 1.39. The van der Waals surface area contributed by atoms with Crippen molar-refractivity contribution in [1.82, 2.24) is 24.8 Å². The van der Waals surface area contributed by atoms with Crippen molar-refractivity contribution < 1.29 is 4.39 Å². The molecule has 216 valence electrons. The molecule has 2 aliphatic rings. The number of nitrogens with one attached hydrogen (secondary N) is 3. The minimum Gasteiger partial charge on any atom is -0.379 e. The van der Waals surface area contributed by atoms with Crippen LogP contribution in [0.3, 0.4) is 0 Å². The monoisotopic (exact) mass is 568 g/mol. The maximum absolute atomic E-state index is 14.4. The molecule has 5 rings (SSSR count). The largest absolute Gasteiger partial charge is 0.379 e. The van der Waals surface area contributed by atoms with Crippen LogP contribution in [-0.4, -0.2) is 61.7 Å². The van der Waals surface area contributed by atoms with Gasteiger partial charge in [0.15, 0.2) is 5.17 Å². The molecule has 2 fully saturated rings. The predicted octanol–water partition coefficient (Wildman–Crippen LogP) is 4.13. The third-order valence-corrected chi connectivity index (χ3v) is 8.88. The molecule has 5 atom stereocenters. The summed E-state index contributed by atoms with van der Waals surface area (Å²) in [5.41, 5.74) is 14.4. The molecule has 11 heteroatoms. The predicted molar refractivity (Wildman–Crippen MR) is 161 cm³/mol. The zero-order valence-electron chi connectivity index (χ0n) is 23.1. The molecule has 9 nitrogen and oxygen atoms in total. The van der Waals surface area contributed by atoms with Crippen molar-refractivity contribution in [3.05, 3.63) is 58.3 Å². The molecular weight excluding hydrogens is 527 g/mol. The summed E-state index contributed by atoms with van der Waals surface area (Å²) in [6.45, 7) is 3.20. The molecule has 0 saturated carbocycles. The van der Waals surface area contributed by atoms with Crippen LogP contribution in [0.15, 0.2) is 41.3 Å². The van der Waals surface area contributed by atoms with Crippen LogP contribution in [0.2, 0.25) is 0 Å². The Morgan fingerprint density at radius 1 is 1.30 bits per heavy atom. The van der Waals surface area contributed by atoms with Crippen LogP contribution in [0.5, 0.6) is 0 Å². The first-order valence-electron chi connectivity index (χ1n) is 14.4. The van der Waals surface area contributed by atoms with E-state index in [1.54, 1.807) is 4.57 Å². The van der Waals surface area contributed by atoms with Gasteiger partial charge in [-0.25, -0.2) is 9.18 Å². The molecular formula is C29H41FN8OS. The fourth-order valence-electron chi connectivity index (χ4n) is 6.10. The van der Waals surface area contributed by atoms with Crippen LogP contribution >= 0.6 is 11.8 Å². The maximum atomic E-state index is 14.4. The smallest absolute Gasteiger partial charge is 0.354 e. The molecule has 1 unspecified atom stereocenters. The summed E-state index contributed by atoms with van der Waals surface area (Å²) in [5, 5.41) is 12.1. The number of alkyl halides is 1. The molecule has 2 saturated heterocycles. The Balaban J connectivity index is 1.29. The molecule has 4 heterocycles. The van der Waals surface area contributed by atoms with E-state index in [0.29, 0.717) is 24.7 Å². The molecule has 0 spiro atoms. The van der Waals surface area contributed by atoms with E-state index >= 15 is 0 Å². The van der Waals surface area contributed by atoms with Gasteiger partial charge in [-0.3, -0.25) is 14.9 Å². The van der Waals surface area contributed by atoms with Crippen LogP contribution in [0, 0.1) is 5.41 Å². The van der Waals surface area contributed by atoms with E-state index in [1.165, 1.54) is 17.3 Å². The lowest BCUT2D eigenvalue weighted by Crippen LogP contribution is -2.37. The normalized spacial score (nSPS) is 24.5. The van der Waals surface area contributed by atoms with Gasteiger partial charge >= 0.3 is 5.69 Å². The second-order valence-electron chi connectivity index (χ2n) is 11.3. The lowest BCUT2D eigenvalue weighted by Gasteiger charge is -2.31. The molecule has 7 N–H and O–H groups in total. The second-order valence-corrected chi connectivity index (χ2v) is 12.5. The number of fused-ring (bicyclic) bond motifs is 1. The van der Waals surface area contributed by atoms with E-state index in [0.717, 1.165) is 67.6 Å². The van der Waals surface area contributed by atoms with Gasteiger partial charge in [-0.1, -0.05) is 30.3 Å². The van der Waals surface area contributed by atoms with Gasteiger partial charge in [0, 0.05) is 54.1 Å². The average Bonchev–Trinajstić information content (AvgIpc) is 3.50. The van der Waals surface area contributed by atoms with Gasteiger partial charge in [0.25, 0.3) is 0 Å². The number of amidine groups is 1. The summed E-state index contributed by atoms with van der Waals surface area (Å²) in [7, 11) is 0. The first-order chi connectivity index (χ1) is 19.3. The van der Waals surface area contributed by atoms with Crippen LogP contribution in [-0.2, 0) is 0 Å². The lowest BCUT2D eigenvalue weighted by atomic mass is 9.92. The van der Waals surface area contributed by atoms with Gasteiger partial charge in [0.1, 0.15) is 11.8 Å². The van der Waals surface area contributed by atoms with Gasteiger partial charge in [-0.15, -0.1) is 0 Å². The first-order valence-corrected chi connectivity index (χ1v) is 15.3. The summed E-state index contributed by atoms with van der Waals surface area (Å²) < 4.78 is 16.0. The third kappa shape index (κ3) is 6.94. The number of likely N-dealkylation sites (tertiary alicyclic amines) is 1. The van der Waals surface area contributed by atoms with Crippen molar-refractivity contribution in [3.63, 3.8) is 0 Å². The molecule has 0 radical (unpaired) electrons. The Kier molecular flexibility index (Phi) is 9.24. The zero-order chi connectivity index (χ0) is 28.2. The number of nitrogens with two attached hydrogens (primary N) is 2. The highest BCUT2D eigenvalue weighted by atomic mass is 32.2. The number of hydrogen-bond acceptors (Lipinski definition) is 7. The van der Waals surface area contributed by atoms with Crippen LogP contribution in [0.4, 0.5) is 4.39 Å². The number of hydrogen-bond donors (Lipinski definition) is 5. The highest BCUT2D eigenvalue weighted by Crippen LogP contribution is 2.34. The van der Waals surface area contributed by atoms with Gasteiger partial charge in [0.05, 0.1) is 11.7 Å². The number of halogens is 1. The summed E-state index contributed by atoms with van der Waals surface area (Å²) in [4.78, 5) is 22.8. The van der Waals surface area contributed by atoms with E-state index < -0.39 is 6.17 Å². The van der Waals surface area contributed by atoms with Gasteiger partial charge in [-0.05, 0) is 69.3 Å². The topological polar surface area (TPSA) is 142 Å². The summed E-state index contributed by atoms with van der Waals surface area (Å²) in [6.07, 6.45) is 7.55. The Labute approximate surface area is 238 Å². The molecule has 1 aromatic carbocycles. The van der Waals surface area contributed by atoms with Gasteiger partial charge in [-0.2, -0.15) is 4.98 Å². The molecule has 3 aromatic rings. The fraction of sp³-hybridized carbons (Fsp3) is 0.552. The number of H-pyrrole nitrogens is 1. The van der Waals surface area contributed by atoms with Crippen molar-refractivity contribution in [1.29, 1.82) is 5.41 Å². The van der Waals surface area contributed by atoms with Gasteiger partial charge < -0.3 is 21.8 Å². The molecule has 40 heavy (non-hydrogen) atoms. The number of aromatic nitrogens is 3. The molecule has 0 aliphatic carbocycles. The standard InChI is InChI=1S/C29H41FN8OS/c1-18(31)4-3-12-37-17-21(30)15-26(37)25-14-20-16-38(29(39)36-27(20)35-25)23-9-7-19(8-10-23)24-6-2-5-22(34-24)11-13-40-28(32)33/h7-10,14,16,18,21-22,24,26,34H,2-6,11-13,15,17,31H2,1H3,(H3,32,33)(H,35,36,39)/t18-,21-,22+,24+,26?/m1/s1. The minimum absolute atomic E-state index is 0.0620. The lowest BCUT2D eigenvalue weighted by molar-refractivity contribution is 0.236. The zero-order valence-corrected chi connectivity index (χ0v) is 23.9. The SMILES string of the molecule is C[C@@H](N)CCCN1C[C@H](F)CC1c1cc2cn(-c3ccc([C@@H]4CCC[C@@H](CCSC(=N)N)N4)cc3)c(=O)nc2[nH]1. The van der Waals surface area contributed by atoms with Crippen LogP contribution in [0.1, 0.15) is 75.2 Å². The molecule has 2 aliphatic heterocycles. The summed E-state index contributed by atoms with van der Waals surface area (Å²) in [6, 6.07) is 10.9. The number of rotatable bonds is 10. The minimum atomic E-state index is -0.869. The Morgan fingerprint density at radius 3 is 2.85 bits per heavy atom. The molecule has 0 amide bonds. The van der Waals surface area contributed by atoms with Crippen LogP contribution < -0.4 is 22.5 Å². The number of piperidine rings is 1. The average molecular weight is 569 g/mol. The molecule has 0 bridgehead atoms. The maximum Gasteiger partial charge on any atom is 0.354 e. The Hall–Kier alpha value is -2.73. The van der Waals surface area contributed by atoms with Crippen molar-refractivity contribution in [2.75, 3.05) is 18.8 Å². The number of benzene rings is 1. The van der Waals surface area contributed by atoms with E-state index in [1.807, 2.05) is 31.3 Å². The Bertz CT molecular complexity index is 1360. The number of aromatic amines is 1. The highest BCUT2D eigenvalue weighted by molar-refractivity contribution is 8.13. The number of thioether (sulfide) groups is 1. The van der Waals surface area contributed by atoms with Crippen molar-refractivity contribution in [2.45, 2.75) is 82.2 Å². The third-order valence-electron chi connectivity index (χ3n) is 8.12. The second kappa shape index (κ2) is 12.8. The van der Waals surface area contributed by atoms with E-state index in [2.05, 4.69) is 32.3 Å². The van der Waals surface area contributed by atoms with E-state index in [4.69, 9.17) is 16.9 Å². The molecule has 2 aromatic heterocycles. The first kappa shape index (κ1) is 28.8. The van der Waals surface area contributed by atoms with E-state index in [9.17, 15) is 9.18 Å². The van der Waals surface area contributed by atoms with Crippen molar-refractivity contribution in [2.24, 2.45) is 11.5 Å². The van der Waals surface area contributed by atoms with Crippen molar-refractivity contribution in [3.8, 4) is 5.69 Å². The highest BCUT2D eigenvalue weighted by Gasteiger charge is 2.34. The number of nitrogens with zero attached hydrogens (tertiary/aromatic N) is 3. The van der Waals surface area contributed by atoms with Crippen molar-refractivity contribution >= 4 is 28.0 Å². The van der Waals surface area contributed by atoms with Crippen LogP contribution in [0.25, 0.3) is 16.7 Å². The van der Waals surface area contributed by atoms with Gasteiger partial charge in [0.2, 0.25) is 0 Å². The Morgan fingerprint density at radius 2 is 2.10 bits per heavy atom. The fourth-order valence-corrected chi connectivity index (χ4v) is 6.73. The summed E-state index contributed by atoms with van der Waals surface area (Å²) in [5.74, 6) is 0.846. The van der Waals surface area contributed by atoms with E-state index in [-0.39, 0.29) is 29.0 Å².